The van der Waals surface area contributed by atoms with Gasteiger partial charge in [-0.05, 0) is 89.3 Å². The molecule has 1 saturated heterocycles. The fraction of sp³-hybridized carbons (Fsp3) is 0.222. The Kier molecular flexibility index (Phi) is 6.65. The summed E-state index contributed by atoms with van der Waals surface area (Å²) in [5.74, 6) is 3.55. The first-order chi connectivity index (χ1) is 24.2. The zero-order valence-electron chi connectivity index (χ0n) is 27.8. The summed E-state index contributed by atoms with van der Waals surface area (Å²) in [6, 6.07) is 26.8. The highest BCUT2D eigenvalue weighted by molar-refractivity contribution is 6.04. The van der Waals surface area contributed by atoms with Gasteiger partial charge in [0.1, 0.15) is 29.0 Å². The second-order valence-corrected chi connectivity index (χ2v) is 14.0. The molecule has 5 aliphatic rings. The first-order valence-corrected chi connectivity index (χ1v) is 17.8. The van der Waals surface area contributed by atoms with Crippen LogP contribution >= 0.6 is 0 Å². The van der Waals surface area contributed by atoms with Crippen LogP contribution in [0, 0.1) is 12.8 Å². The molecule has 2 unspecified atom stereocenters. The van der Waals surface area contributed by atoms with Crippen molar-refractivity contribution in [1.29, 1.82) is 0 Å². The number of ether oxygens (including phenoxy) is 1. The third kappa shape index (κ3) is 4.68. The molecule has 1 N–H and O–H groups in total. The normalized spacial score (nSPS) is 21.0. The highest BCUT2D eigenvalue weighted by Gasteiger charge is 2.40. The Bertz CT molecular complexity index is 2390. The van der Waals surface area contributed by atoms with Crippen molar-refractivity contribution in [3.8, 4) is 22.3 Å². The minimum atomic E-state index is 0.275. The molecule has 0 spiro atoms. The molecule has 0 radical (unpaired) electrons. The molecule has 2 atom stereocenters. The van der Waals surface area contributed by atoms with Gasteiger partial charge in [0.2, 0.25) is 0 Å². The molecule has 1 fully saturated rings. The highest BCUT2D eigenvalue weighted by atomic mass is 16.5. The Morgan fingerprint density at radius 1 is 0.816 bits per heavy atom. The van der Waals surface area contributed by atoms with Crippen molar-refractivity contribution in [2.75, 3.05) is 6.54 Å². The Hall–Kier alpha value is -5.35. The van der Waals surface area contributed by atoms with Gasteiger partial charge in [-0.1, -0.05) is 97.1 Å². The number of aryl methyl sites for hydroxylation is 2. The average Bonchev–Trinajstić information content (AvgIpc) is 3.73. The molecule has 3 aliphatic carbocycles. The van der Waals surface area contributed by atoms with E-state index in [1.807, 2.05) is 0 Å². The van der Waals surface area contributed by atoms with Gasteiger partial charge < -0.3 is 14.5 Å². The molecule has 240 valence electrons. The van der Waals surface area contributed by atoms with E-state index in [1.54, 1.807) is 0 Å². The van der Waals surface area contributed by atoms with E-state index in [-0.39, 0.29) is 6.10 Å². The number of amidine groups is 1. The van der Waals surface area contributed by atoms with Gasteiger partial charge in [0.05, 0.1) is 0 Å². The molecular formula is C45H38N2O2. The first kappa shape index (κ1) is 28.6. The van der Waals surface area contributed by atoms with Crippen LogP contribution in [0.5, 0.6) is 0 Å². The second kappa shape index (κ2) is 11.4. The second-order valence-electron chi connectivity index (χ2n) is 14.0. The zero-order chi connectivity index (χ0) is 32.5. The van der Waals surface area contributed by atoms with Crippen molar-refractivity contribution < 1.29 is 9.15 Å². The lowest BCUT2D eigenvalue weighted by molar-refractivity contribution is 0.129. The topological polar surface area (TPSA) is 46.8 Å². The van der Waals surface area contributed by atoms with Gasteiger partial charge in [-0.2, -0.15) is 0 Å². The summed E-state index contributed by atoms with van der Waals surface area (Å²) in [6.07, 6.45) is 20.1. The highest BCUT2D eigenvalue weighted by Crippen LogP contribution is 2.45. The molecule has 2 aliphatic heterocycles. The summed E-state index contributed by atoms with van der Waals surface area (Å²) in [5, 5.41) is 7.35. The Labute approximate surface area is 286 Å². The molecule has 4 nitrogen and oxygen atoms in total. The standard InChI is InChI=1S/C45H38N2O2/c1-27-23-28(19-21-32(27)37-13-7-14-38-35-10-2-4-17-41(35)48-43(37)38)29-20-22-34-30(24-29)9-6-12-33(34)31-25-46-45(47-26-31)40-16-8-15-39-36-11-3-5-18-42(36)49-44(39)40/h2-3,6-7,9-15,19-25,36,42H,4-5,8,16-18,26H2,1H3,(H,46,47). The summed E-state index contributed by atoms with van der Waals surface area (Å²) in [6.45, 7) is 2.95. The Morgan fingerprint density at radius 3 is 2.63 bits per heavy atom. The van der Waals surface area contributed by atoms with Crippen molar-refractivity contribution in [2.45, 2.75) is 51.6 Å². The Morgan fingerprint density at radius 2 is 1.71 bits per heavy atom. The van der Waals surface area contributed by atoms with Crippen LogP contribution in [0.1, 0.15) is 54.6 Å². The van der Waals surface area contributed by atoms with E-state index in [2.05, 4.69) is 122 Å². The SMILES string of the molecule is Cc1cc(-c2ccc3c(C4=CN=C(C5=C6OC7CCC=CC7C6=CCC5)NC4)cccc3c2)ccc1-c1cccc2c3c(oc12)CCC=C3. The number of allylic oxidation sites excluding steroid dienone is 4. The summed E-state index contributed by atoms with van der Waals surface area (Å²) in [4.78, 5) is 4.99. The van der Waals surface area contributed by atoms with Crippen LogP contribution in [0.3, 0.4) is 0 Å². The van der Waals surface area contributed by atoms with E-state index < -0.39 is 0 Å². The van der Waals surface area contributed by atoms with Crippen molar-refractivity contribution in [1.82, 2.24) is 5.32 Å². The Balaban J connectivity index is 0.949. The molecule has 0 bridgehead atoms. The van der Waals surface area contributed by atoms with Crippen molar-refractivity contribution in [3.63, 3.8) is 0 Å². The van der Waals surface area contributed by atoms with Crippen LogP contribution in [-0.2, 0) is 11.2 Å². The van der Waals surface area contributed by atoms with Crippen LogP contribution in [-0.4, -0.2) is 18.5 Å². The third-order valence-electron chi connectivity index (χ3n) is 11.1. The summed E-state index contributed by atoms with van der Waals surface area (Å²) in [7, 11) is 0. The molecular weight excluding hydrogens is 601 g/mol. The number of benzene rings is 4. The fourth-order valence-corrected chi connectivity index (χ4v) is 8.63. The number of nitrogens with one attached hydrogen (secondary N) is 1. The maximum Gasteiger partial charge on any atom is 0.142 e. The largest absolute Gasteiger partial charge is 0.489 e. The van der Waals surface area contributed by atoms with E-state index in [0.29, 0.717) is 5.92 Å². The van der Waals surface area contributed by atoms with Crippen LogP contribution in [0.15, 0.2) is 130 Å². The quantitative estimate of drug-likeness (QED) is 0.199. The smallest absolute Gasteiger partial charge is 0.142 e. The molecule has 3 heterocycles. The number of hydrogen-bond donors (Lipinski definition) is 1. The molecule has 4 aromatic carbocycles. The number of nitrogens with zero attached hydrogens (tertiary/aromatic N) is 1. The van der Waals surface area contributed by atoms with Crippen LogP contribution in [0.25, 0.3) is 55.6 Å². The number of fused-ring (bicyclic) bond motifs is 7. The van der Waals surface area contributed by atoms with E-state index >= 15 is 0 Å². The van der Waals surface area contributed by atoms with E-state index in [4.69, 9.17) is 14.1 Å². The molecule has 0 saturated carbocycles. The van der Waals surface area contributed by atoms with Gasteiger partial charge >= 0.3 is 0 Å². The average molecular weight is 639 g/mol. The first-order valence-electron chi connectivity index (χ1n) is 17.8. The van der Waals surface area contributed by atoms with Crippen molar-refractivity contribution in [3.05, 3.63) is 143 Å². The van der Waals surface area contributed by atoms with Gasteiger partial charge in [-0.15, -0.1) is 0 Å². The molecule has 1 aromatic heterocycles. The minimum Gasteiger partial charge on any atom is -0.489 e. The fourth-order valence-electron chi connectivity index (χ4n) is 8.63. The van der Waals surface area contributed by atoms with Gasteiger partial charge in [0, 0.05) is 52.7 Å². The monoisotopic (exact) mass is 638 g/mol. The minimum absolute atomic E-state index is 0.275. The summed E-state index contributed by atoms with van der Waals surface area (Å²) in [5.41, 5.74) is 13.3. The maximum absolute atomic E-state index is 6.53. The molecule has 49 heavy (non-hydrogen) atoms. The van der Waals surface area contributed by atoms with E-state index in [9.17, 15) is 0 Å². The van der Waals surface area contributed by atoms with Gasteiger partial charge in [-0.25, -0.2) is 4.99 Å². The number of aliphatic imine (C=N–C) groups is 1. The number of rotatable bonds is 4. The van der Waals surface area contributed by atoms with Gasteiger partial charge in [0.25, 0.3) is 0 Å². The predicted molar refractivity (Wildman–Crippen MR) is 201 cm³/mol. The van der Waals surface area contributed by atoms with Crippen LogP contribution < -0.4 is 5.32 Å². The van der Waals surface area contributed by atoms with Gasteiger partial charge in [-0.3, -0.25) is 0 Å². The maximum atomic E-state index is 6.53. The van der Waals surface area contributed by atoms with Gasteiger partial charge in [0.15, 0.2) is 0 Å². The van der Waals surface area contributed by atoms with Crippen molar-refractivity contribution >= 4 is 39.2 Å². The third-order valence-corrected chi connectivity index (χ3v) is 11.1. The molecule has 4 heteroatoms. The van der Waals surface area contributed by atoms with Crippen molar-refractivity contribution in [2.24, 2.45) is 10.9 Å². The molecule has 5 aromatic rings. The predicted octanol–water partition coefficient (Wildman–Crippen LogP) is 10.9. The zero-order valence-corrected chi connectivity index (χ0v) is 27.8. The number of hydrogen-bond acceptors (Lipinski definition) is 4. The number of furan rings is 1. The van der Waals surface area contributed by atoms with Crippen LogP contribution in [0.4, 0.5) is 0 Å². The van der Waals surface area contributed by atoms with E-state index in [1.165, 1.54) is 66.3 Å². The van der Waals surface area contributed by atoms with Crippen LogP contribution in [0.2, 0.25) is 0 Å². The lowest BCUT2D eigenvalue weighted by Crippen LogP contribution is -2.31. The molecule has 10 rings (SSSR count). The van der Waals surface area contributed by atoms with E-state index in [0.717, 1.165) is 73.6 Å². The summed E-state index contributed by atoms with van der Waals surface area (Å²) >= 11 is 0. The summed E-state index contributed by atoms with van der Waals surface area (Å²) < 4.78 is 13.0. The lowest BCUT2D eigenvalue weighted by atomic mass is 9.84. The molecule has 0 amide bonds. The lowest BCUT2D eigenvalue weighted by Gasteiger charge is -2.22. The number of para-hydroxylation sites is 1.